The van der Waals surface area contributed by atoms with Gasteiger partial charge >= 0.3 is 0 Å². The zero-order valence-corrected chi connectivity index (χ0v) is 11.4. The fourth-order valence-corrected chi connectivity index (χ4v) is 2.31. The summed E-state index contributed by atoms with van der Waals surface area (Å²) in [5.41, 5.74) is 1.99. The number of carbonyl (C=O) groups excluding carboxylic acids is 1. The first kappa shape index (κ1) is 12.4. The number of halogens is 1. The third kappa shape index (κ3) is 2.79. The summed E-state index contributed by atoms with van der Waals surface area (Å²) in [6.45, 7) is 2.06. The zero-order valence-electron chi connectivity index (χ0n) is 9.79. The highest BCUT2D eigenvalue weighted by atomic mass is 79.9. The molecule has 1 aliphatic heterocycles. The molecule has 1 heterocycles. The lowest BCUT2D eigenvalue weighted by molar-refractivity contribution is -0.117. The monoisotopic (exact) mass is 297 g/mol. The minimum absolute atomic E-state index is 0.135. The van der Waals surface area contributed by atoms with Crippen molar-refractivity contribution in [3.63, 3.8) is 0 Å². The smallest absolute Gasteiger partial charge is 0.246 e. The summed E-state index contributed by atoms with van der Waals surface area (Å²) < 4.78 is 1.02. The Morgan fingerprint density at radius 2 is 2.35 bits per heavy atom. The lowest BCUT2D eigenvalue weighted by atomic mass is 10.2. The fourth-order valence-electron chi connectivity index (χ4n) is 1.94. The molecule has 1 aliphatic rings. The summed E-state index contributed by atoms with van der Waals surface area (Å²) in [7, 11) is 1.92. The Morgan fingerprint density at radius 1 is 1.53 bits per heavy atom. The lowest BCUT2D eigenvalue weighted by Crippen LogP contribution is -2.41. The van der Waals surface area contributed by atoms with Gasteiger partial charge < -0.3 is 15.5 Å². The van der Waals surface area contributed by atoms with Gasteiger partial charge in [-0.25, -0.2) is 0 Å². The molecule has 0 spiro atoms. The summed E-state index contributed by atoms with van der Waals surface area (Å²) in [5, 5.41) is 6.23. The Hall–Kier alpha value is -1.07. The molecule has 17 heavy (non-hydrogen) atoms. The van der Waals surface area contributed by atoms with E-state index in [1.165, 1.54) is 0 Å². The van der Waals surface area contributed by atoms with E-state index in [9.17, 15) is 4.79 Å². The number of carbonyl (C=O) groups is 1. The van der Waals surface area contributed by atoms with Gasteiger partial charge in [0.1, 0.15) is 0 Å². The number of hydrogen-bond donors (Lipinski definition) is 2. The SMILES string of the molecule is CNCCCN1C(=O)CNc2cc(Br)ccc21. The minimum atomic E-state index is 0.135. The van der Waals surface area contributed by atoms with Crippen LogP contribution in [0.1, 0.15) is 6.42 Å². The molecule has 92 valence electrons. The second-order valence-electron chi connectivity index (χ2n) is 4.02. The van der Waals surface area contributed by atoms with Crippen LogP contribution >= 0.6 is 15.9 Å². The Kier molecular flexibility index (Phi) is 4.02. The molecule has 0 unspecified atom stereocenters. The highest BCUT2D eigenvalue weighted by Gasteiger charge is 2.23. The van der Waals surface area contributed by atoms with Gasteiger partial charge in [0.05, 0.1) is 17.9 Å². The number of nitrogens with one attached hydrogen (secondary N) is 2. The average molecular weight is 298 g/mol. The molecule has 1 amide bonds. The summed E-state index contributed by atoms with van der Waals surface area (Å²) in [6.07, 6.45) is 0.956. The van der Waals surface area contributed by atoms with Crippen LogP contribution < -0.4 is 15.5 Å². The van der Waals surface area contributed by atoms with Crippen LogP contribution in [0.4, 0.5) is 11.4 Å². The highest BCUT2D eigenvalue weighted by Crippen LogP contribution is 2.32. The fraction of sp³-hybridized carbons (Fsp3) is 0.417. The highest BCUT2D eigenvalue weighted by molar-refractivity contribution is 9.10. The molecule has 0 aliphatic carbocycles. The number of fused-ring (bicyclic) bond motifs is 1. The number of rotatable bonds is 4. The quantitative estimate of drug-likeness (QED) is 0.833. The van der Waals surface area contributed by atoms with Crippen molar-refractivity contribution in [1.82, 2.24) is 5.32 Å². The second kappa shape index (κ2) is 5.51. The molecule has 0 fully saturated rings. The van der Waals surface area contributed by atoms with Crippen LogP contribution in [-0.4, -0.2) is 32.6 Å². The molecule has 4 nitrogen and oxygen atoms in total. The van der Waals surface area contributed by atoms with Crippen LogP contribution in [0.2, 0.25) is 0 Å². The van der Waals surface area contributed by atoms with Crippen LogP contribution in [0.25, 0.3) is 0 Å². The molecule has 1 aromatic carbocycles. The number of anilines is 2. The molecule has 0 radical (unpaired) electrons. The average Bonchev–Trinajstić information content (AvgIpc) is 2.32. The first-order chi connectivity index (χ1) is 8.22. The van der Waals surface area contributed by atoms with E-state index in [1.807, 2.05) is 30.1 Å². The van der Waals surface area contributed by atoms with E-state index in [0.29, 0.717) is 6.54 Å². The van der Waals surface area contributed by atoms with Gasteiger partial charge in [0, 0.05) is 11.0 Å². The minimum Gasteiger partial charge on any atom is -0.374 e. The summed E-state index contributed by atoms with van der Waals surface area (Å²) >= 11 is 3.44. The van der Waals surface area contributed by atoms with Gasteiger partial charge in [-0.15, -0.1) is 0 Å². The second-order valence-corrected chi connectivity index (χ2v) is 4.93. The topological polar surface area (TPSA) is 44.4 Å². The van der Waals surface area contributed by atoms with Gasteiger partial charge in [0.25, 0.3) is 0 Å². The van der Waals surface area contributed by atoms with E-state index < -0.39 is 0 Å². The Balaban J connectivity index is 2.18. The van der Waals surface area contributed by atoms with E-state index in [4.69, 9.17) is 0 Å². The standard InChI is InChI=1S/C12H16BrN3O/c1-14-5-2-6-16-11-4-3-9(13)7-10(11)15-8-12(16)17/h3-4,7,14-15H,2,5-6,8H2,1H3. The van der Waals surface area contributed by atoms with Gasteiger partial charge in [0.2, 0.25) is 5.91 Å². The molecular formula is C12H16BrN3O. The first-order valence-corrected chi connectivity index (χ1v) is 6.50. The summed E-state index contributed by atoms with van der Waals surface area (Å²) in [6, 6.07) is 5.94. The van der Waals surface area contributed by atoms with Crippen LogP contribution in [-0.2, 0) is 4.79 Å². The van der Waals surface area contributed by atoms with Gasteiger partial charge in [-0.3, -0.25) is 4.79 Å². The molecule has 0 saturated heterocycles. The predicted octanol–water partition coefficient (Wildman–Crippen LogP) is 1.82. The molecule has 0 atom stereocenters. The maximum atomic E-state index is 11.9. The molecule has 2 rings (SSSR count). The zero-order chi connectivity index (χ0) is 12.3. The largest absolute Gasteiger partial charge is 0.374 e. The lowest BCUT2D eigenvalue weighted by Gasteiger charge is -2.30. The molecule has 0 saturated carbocycles. The van der Waals surface area contributed by atoms with Gasteiger partial charge in [-0.1, -0.05) is 15.9 Å². The normalized spacial score (nSPS) is 14.5. The molecule has 1 aromatic rings. The third-order valence-electron chi connectivity index (χ3n) is 2.79. The van der Waals surface area contributed by atoms with E-state index in [0.717, 1.165) is 35.4 Å². The van der Waals surface area contributed by atoms with Gasteiger partial charge in [-0.2, -0.15) is 0 Å². The van der Waals surface area contributed by atoms with E-state index in [2.05, 4.69) is 26.6 Å². The van der Waals surface area contributed by atoms with Crippen LogP contribution in [0.15, 0.2) is 22.7 Å². The Labute approximate surface area is 110 Å². The van der Waals surface area contributed by atoms with Crippen molar-refractivity contribution < 1.29 is 4.79 Å². The van der Waals surface area contributed by atoms with E-state index in [1.54, 1.807) is 0 Å². The Bertz CT molecular complexity index is 422. The van der Waals surface area contributed by atoms with Crippen molar-refractivity contribution >= 4 is 33.2 Å². The summed E-state index contributed by atoms with van der Waals surface area (Å²) in [5.74, 6) is 0.135. The molecular weight excluding hydrogens is 282 g/mol. The van der Waals surface area contributed by atoms with Crippen molar-refractivity contribution in [1.29, 1.82) is 0 Å². The molecule has 5 heteroatoms. The number of hydrogen-bond acceptors (Lipinski definition) is 3. The predicted molar refractivity (Wildman–Crippen MR) is 73.5 cm³/mol. The Morgan fingerprint density at radius 3 is 3.12 bits per heavy atom. The number of nitrogens with zero attached hydrogens (tertiary/aromatic N) is 1. The van der Waals surface area contributed by atoms with E-state index in [-0.39, 0.29) is 5.91 Å². The molecule has 0 bridgehead atoms. The number of benzene rings is 1. The van der Waals surface area contributed by atoms with Gasteiger partial charge in [-0.05, 0) is 38.2 Å². The summed E-state index contributed by atoms with van der Waals surface area (Å²) in [4.78, 5) is 13.7. The first-order valence-electron chi connectivity index (χ1n) is 5.71. The maximum absolute atomic E-state index is 11.9. The van der Waals surface area contributed by atoms with Crippen molar-refractivity contribution in [3.8, 4) is 0 Å². The van der Waals surface area contributed by atoms with Crippen LogP contribution in [0, 0.1) is 0 Å². The van der Waals surface area contributed by atoms with Crippen molar-refractivity contribution in [2.75, 3.05) is 36.9 Å². The van der Waals surface area contributed by atoms with Crippen molar-refractivity contribution in [2.45, 2.75) is 6.42 Å². The van der Waals surface area contributed by atoms with Crippen molar-refractivity contribution in [3.05, 3.63) is 22.7 Å². The number of amides is 1. The van der Waals surface area contributed by atoms with E-state index >= 15 is 0 Å². The maximum Gasteiger partial charge on any atom is 0.246 e. The van der Waals surface area contributed by atoms with Crippen molar-refractivity contribution in [2.24, 2.45) is 0 Å². The van der Waals surface area contributed by atoms with Crippen LogP contribution in [0.5, 0.6) is 0 Å². The van der Waals surface area contributed by atoms with Gasteiger partial charge in [0.15, 0.2) is 0 Å². The molecule has 0 aromatic heterocycles. The molecule has 2 N–H and O–H groups in total. The van der Waals surface area contributed by atoms with Crippen LogP contribution in [0.3, 0.4) is 0 Å². The third-order valence-corrected chi connectivity index (χ3v) is 3.28.